The number of carbonyl (C=O) groups is 1. The highest BCUT2D eigenvalue weighted by Gasteiger charge is 2.45. The number of halogens is 1. The van der Waals surface area contributed by atoms with Gasteiger partial charge in [0.15, 0.2) is 0 Å². The molecule has 3 aliphatic rings. The lowest BCUT2D eigenvalue weighted by Crippen LogP contribution is -2.61. The fourth-order valence-electron chi connectivity index (χ4n) is 2.09. The van der Waals surface area contributed by atoms with Crippen molar-refractivity contribution < 1.29 is 9.53 Å². The lowest BCUT2D eigenvalue weighted by Gasteiger charge is -2.46. The highest BCUT2D eigenvalue weighted by Crippen LogP contribution is 2.35. The van der Waals surface area contributed by atoms with Crippen molar-refractivity contribution in [3.05, 3.63) is 28.7 Å². The van der Waals surface area contributed by atoms with Crippen molar-refractivity contribution in [2.24, 2.45) is 0 Å². The maximum Gasteiger partial charge on any atom is 0.256 e. The van der Waals surface area contributed by atoms with E-state index in [1.165, 1.54) is 0 Å². The molecule has 3 saturated heterocycles. The number of fused-ring (bicyclic) bond motifs is 2. The maximum absolute atomic E-state index is 11.9. The summed E-state index contributed by atoms with van der Waals surface area (Å²) in [6, 6.07) is 7.78. The summed E-state index contributed by atoms with van der Waals surface area (Å²) in [6.07, 6.45) is 0.926. The number of rotatable bonds is 1. The van der Waals surface area contributed by atoms with E-state index >= 15 is 0 Å². The molecule has 0 aromatic heterocycles. The number of anilines is 1. The van der Waals surface area contributed by atoms with Gasteiger partial charge in [-0.15, -0.1) is 0 Å². The number of piperidine rings is 1. The van der Waals surface area contributed by atoms with Crippen LogP contribution in [0.5, 0.6) is 0 Å². The van der Waals surface area contributed by atoms with Crippen LogP contribution in [0.2, 0.25) is 0 Å². The largest absolute Gasteiger partial charge is 0.363 e. The molecule has 3 fully saturated rings. The van der Waals surface area contributed by atoms with Crippen molar-refractivity contribution >= 4 is 27.5 Å². The highest BCUT2D eigenvalue weighted by atomic mass is 79.9. The van der Waals surface area contributed by atoms with E-state index in [0.717, 1.165) is 16.6 Å². The monoisotopic (exact) mass is 267 g/mol. The minimum Gasteiger partial charge on any atom is -0.363 e. The number of nitrogens with zero attached hydrogens (tertiary/aromatic N) is 1. The molecule has 0 saturated carbocycles. The van der Waals surface area contributed by atoms with E-state index in [4.69, 9.17) is 4.74 Å². The SMILES string of the molecule is O=C1C2CC(CN1c1ccccc1Br)O2. The van der Waals surface area contributed by atoms with Gasteiger partial charge in [-0.25, -0.2) is 0 Å². The summed E-state index contributed by atoms with van der Waals surface area (Å²) >= 11 is 3.46. The third-order valence-electron chi connectivity index (χ3n) is 2.90. The Hall–Kier alpha value is -0.870. The van der Waals surface area contributed by atoms with Gasteiger partial charge in [-0.2, -0.15) is 0 Å². The Morgan fingerprint density at radius 1 is 1.40 bits per heavy atom. The smallest absolute Gasteiger partial charge is 0.256 e. The highest BCUT2D eigenvalue weighted by molar-refractivity contribution is 9.10. The molecular weight excluding hydrogens is 258 g/mol. The van der Waals surface area contributed by atoms with E-state index in [1.54, 1.807) is 0 Å². The first-order chi connectivity index (χ1) is 7.25. The summed E-state index contributed by atoms with van der Waals surface area (Å²) in [6.45, 7) is 0.679. The third kappa shape index (κ3) is 1.40. The van der Waals surface area contributed by atoms with Crippen molar-refractivity contribution in [2.45, 2.75) is 18.6 Å². The normalized spacial score (nSPS) is 28.9. The molecule has 3 nitrogen and oxygen atoms in total. The molecule has 2 unspecified atom stereocenters. The maximum atomic E-state index is 11.9. The van der Waals surface area contributed by atoms with Crippen molar-refractivity contribution in [1.82, 2.24) is 0 Å². The van der Waals surface area contributed by atoms with Crippen LogP contribution in [-0.2, 0) is 9.53 Å². The van der Waals surface area contributed by atoms with Crippen LogP contribution in [0, 0.1) is 0 Å². The van der Waals surface area contributed by atoms with Crippen LogP contribution in [0.3, 0.4) is 0 Å². The van der Waals surface area contributed by atoms with Crippen molar-refractivity contribution in [3.63, 3.8) is 0 Å². The lowest BCUT2D eigenvalue weighted by atomic mass is 9.97. The molecule has 3 heterocycles. The fourth-order valence-corrected chi connectivity index (χ4v) is 2.59. The first kappa shape index (κ1) is 9.36. The molecule has 2 atom stereocenters. The number of morpholine rings is 1. The number of para-hydroxylation sites is 1. The molecule has 4 heteroatoms. The van der Waals surface area contributed by atoms with Crippen LogP contribution in [-0.4, -0.2) is 24.7 Å². The van der Waals surface area contributed by atoms with Gasteiger partial charge in [0.2, 0.25) is 0 Å². The summed E-state index contributed by atoms with van der Waals surface area (Å²) in [7, 11) is 0. The molecule has 1 aromatic rings. The Morgan fingerprint density at radius 3 is 2.80 bits per heavy atom. The Bertz CT molecular complexity index is 415. The Balaban J connectivity index is 1.94. The van der Waals surface area contributed by atoms with E-state index in [1.807, 2.05) is 29.2 Å². The first-order valence-electron chi connectivity index (χ1n) is 4.97. The second-order valence-corrected chi connectivity index (χ2v) is 4.74. The van der Waals surface area contributed by atoms with Crippen LogP contribution < -0.4 is 4.90 Å². The van der Waals surface area contributed by atoms with E-state index in [9.17, 15) is 4.79 Å². The molecule has 0 aliphatic carbocycles. The molecule has 15 heavy (non-hydrogen) atoms. The number of hydrogen-bond acceptors (Lipinski definition) is 2. The molecule has 0 N–H and O–H groups in total. The number of ether oxygens (including phenoxy) is 1. The first-order valence-corrected chi connectivity index (χ1v) is 5.76. The van der Waals surface area contributed by atoms with E-state index in [2.05, 4.69) is 15.9 Å². The van der Waals surface area contributed by atoms with Gasteiger partial charge >= 0.3 is 0 Å². The Labute approximate surface area is 96.1 Å². The minimum absolute atomic E-state index is 0.0874. The number of carbonyl (C=O) groups excluding carboxylic acids is 1. The Morgan fingerprint density at radius 2 is 2.13 bits per heavy atom. The zero-order chi connectivity index (χ0) is 10.4. The molecule has 1 amide bonds. The quantitative estimate of drug-likeness (QED) is 0.779. The van der Waals surface area contributed by atoms with Crippen LogP contribution in [0.15, 0.2) is 28.7 Å². The van der Waals surface area contributed by atoms with Crippen molar-refractivity contribution in [1.29, 1.82) is 0 Å². The minimum atomic E-state index is -0.198. The average molecular weight is 268 g/mol. The zero-order valence-corrected chi connectivity index (χ0v) is 9.61. The van der Waals surface area contributed by atoms with Gasteiger partial charge in [-0.3, -0.25) is 4.79 Å². The topological polar surface area (TPSA) is 29.5 Å². The van der Waals surface area contributed by atoms with Crippen LogP contribution >= 0.6 is 15.9 Å². The second kappa shape index (κ2) is 3.32. The predicted octanol–water partition coefficient (Wildman–Crippen LogP) is 1.95. The number of benzene rings is 1. The standard InChI is InChI=1S/C11H10BrNO2/c12-8-3-1-2-4-9(8)13-6-7-5-10(15-7)11(13)14/h1-4,7,10H,5-6H2. The molecule has 2 bridgehead atoms. The Kier molecular flexibility index (Phi) is 2.07. The number of amides is 1. The van der Waals surface area contributed by atoms with Crippen molar-refractivity contribution in [2.75, 3.05) is 11.4 Å². The third-order valence-corrected chi connectivity index (χ3v) is 3.58. The van der Waals surface area contributed by atoms with E-state index in [0.29, 0.717) is 6.54 Å². The van der Waals surface area contributed by atoms with Crippen LogP contribution in [0.1, 0.15) is 6.42 Å². The van der Waals surface area contributed by atoms with Gasteiger partial charge in [0.25, 0.3) is 5.91 Å². The molecule has 4 rings (SSSR count). The summed E-state index contributed by atoms with van der Waals surface area (Å²) < 4.78 is 6.33. The van der Waals surface area contributed by atoms with Gasteiger partial charge < -0.3 is 9.64 Å². The van der Waals surface area contributed by atoms with Crippen LogP contribution in [0.4, 0.5) is 5.69 Å². The lowest BCUT2D eigenvalue weighted by molar-refractivity contribution is -0.169. The average Bonchev–Trinajstić information content (AvgIpc) is 2.17. The zero-order valence-electron chi connectivity index (χ0n) is 8.02. The van der Waals surface area contributed by atoms with Gasteiger partial charge in [0.1, 0.15) is 6.10 Å². The molecular formula is C11H10BrNO2. The molecule has 1 aromatic carbocycles. The van der Waals surface area contributed by atoms with Crippen LogP contribution in [0.25, 0.3) is 0 Å². The summed E-state index contributed by atoms with van der Waals surface area (Å²) in [5, 5.41) is 0. The molecule has 0 radical (unpaired) electrons. The van der Waals surface area contributed by atoms with Gasteiger partial charge in [-0.05, 0) is 28.1 Å². The van der Waals surface area contributed by atoms with E-state index in [-0.39, 0.29) is 18.1 Å². The summed E-state index contributed by atoms with van der Waals surface area (Å²) in [5.74, 6) is 0.0874. The van der Waals surface area contributed by atoms with Gasteiger partial charge in [0, 0.05) is 10.9 Å². The van der Waals surface area contributed by atoms with E-state index < -0.39 is 0 Å². The van der Waals surface area contributed by atoms with Gasteiger partial charge in [0.05, 0.1) is 18.3 Å². The molecule has 78 valence electrons. The summed E-state index contributed by atoms with van der Waals surface area (Å²) in [5.41, 5.74) is 0.945. The molecule has 3 aliphatic heterocycles. The molecule has 0 spiro atoms. The fraction of sp³-hybridized carbons (Fsp3) is 0.364. The van der Waals surface area contributed by atoms with Crippen molar-refractivity contribution in [3.8, 4) is 0 Å². The second-order valence-electron chi connectivity index (χ2n) is 3.88. The summed E-state index contributed by atoms with van der Waals surface area (Å²) in [4.78, 5) is 13.7. The van der Waals surface area contributed by atoms with Gasteiger partial charge in [-0.1, -0.05) is 12.1 Å². The number of hydrogen-bond donors (Lipinski definition) is 0. The predicted molar refractivity (Wildman–Crippen MR) is 59.8 cm³/mol.